The number of carbonyl (C=O) groups excluding carboxylic acids is 2. The highest BCUT2D eigenvalue weighted by molar-refractivity contribution is 5.86. The van der Waals surface area contributed by atoms with Gasteiger partial charge in [0.2, 0.25) is 5.91 Å². The van der Waals surface area contributed by atoms with Crippen molar-refractivity contribution in [2.75, 3.05) is 13.2 Å². The highest BCUT2D eigenvalue weighted by atomic mass is 16.5. The van der Waals surface area contributed by atoms with Gasteiger partial charge in [0.1, 0.15) is 12.6 Å². The second-order valence-corrected chi connectivity index (χ2v) is 7.93. The fourth-order valence-electron chi connectivity index (χ4n) is 3.90. The van der Waals surface area contributed by atoms with Crippen LogP contribution in [0.25, 0.3) is 0 Å². The molecule has 0 bridgehead atoms. The smallest absolute Gasteiger partial charge is 0.323 e. The Kier molecular flexibility index (Phi) is 9.80. The van der Waals surface area contributed by atoms with Crippen LogP contribution >= 0.6 is 0 Å². The van der Waals surface area contributed by atoms with E-state index in [-0.39, 0.29) is 24.5 Å². The number of carbonyl (C=O) groups is 3. The normalized spacial score (nSPS) is 16.1. The molecule has 1 aliphatic rings. The van der Waals surface area contributed by atoms with Gasteiger partial charge in [-0.1, -0.05) is 50.1 Å². The van der Waals surface area contributed by atoms with Gasteiger partial charge in [0.25, 0.3) is 0 Å². The van der Waals surface area contributed by atoms with Crippen molar-refractivity contribution in [1.82, 2.24) is 10.2 Å². The minimum Gasteiger partial charge on any atom is -0.480 e. The minimum absolute atomic E-state index is 0.0485. The lowest BCUT2D eigenvalue weighted by Crippen LogP contribution is -2.54. The summed E-state index contributed by atoms with van der Waals surface area (Å²) in [4.78, 5) is 38.4. The number of esters is 1. The molecule has 1 aromatic rings. The van der Waals surface area contributed by atoms with Crippen molar-refractivity contribution in [3.05, 3.63) is 35.9 Å². The minimum atomic E-state index is -1.02. The maximum absolute atomic E-state index is 13.1. The second kappa shape index (κ2) is 12.3. The molecule has 1 aliphatic carbocycles. The number of nitrogens with one attached hydrogen (secondary N) is 1. The zero-order valence-corrected chi connectivity index (χ0v) is 18.0. The molecule has 0 heterocycles. The van der Waals surface area contributed by atoms with Crippen LogP contribution in [0.15, 0.2) is 30.3 Å². The first-order valence-electron chi connectivity index (χ1n) is 10.9. The molecule has 0 aromatic heterocycles. The van der Waals surface area contributed by atoms with Gasteiger partial charge < -0.3 is 14.7 Å². The van der Waals surface area contributed by atoms with E-state index in [1.54, 1.807) is 6.92 Å². The van der Waals surface area contributed by atoms with Gasteiger partial charge >= 0.3 is 11.9 Å². The molecule has 2 rings (SSSR count). The van der Waals surface area contributed by atoms with Crippen LogP contribution < -0.4 is 5.32 Å². The molecule has 1 aromatic carbocycles. The van der Waals surface area contributed by atoms with Gasteiger partial charge in [0, 0.05) is 6.04 Å². The summed E-state index contributed by atoms with van der Waals surface area (Å²) in [6.45, 7) is 3.63. The number of rotatable bonds is 12. The molecule has 0 aliphatic heterocycles. The molecule has 166 valence electrons. The Morgan fingerprint density at radius 3 is 2.47 bits per heavy atom. The molecule has 0 saturated heterocycles. The summed E-state index contributed by atoms with van der Waals surface area (Å²) in [5.74, 6) is -1.68. The van der Waals surface area contributed by atoms with E-state index in [0.29, 0.717) is 19.4 Å². The number of benzene rings is 1. The Bertz CT molecular complexity index is 688. The highest BCUT2D eigenvalue weighted by Gasteiger charge is 2.33. The van der Waals surface area contributed by atoms with Gasteiger partial charge in [-0.25, -0.2) is 0 Å². The van der Waals surface area contributed by atoms with Crippen LogP contribution in [0.2, 0.25) is 0 Å². The maximum Gasteiger partial charge on any atom is 0.323 e. The van der Waals surface area contributed by atoms with E-state index in [9.17, 15) is 19.5 Å². The van der Waals surface area contributed by atoms with Gasteiger partial charge in [0.05, 0.1) is 12.6 Å². The van der Waals surface area contributed by atoms with E-state index in [1.165, 1.54) is 4.90 Å². The van der Waals surface area contributed by atoms with E-state index in [4.69, 9.17) is 4.74 Å². The van der Waals surface area contributed by atoms with Gasteiger partial charge in [-0.3, -0.25) is 19.7 Å². The van der Waals surface area contributed by atoms with E-state index in [2.05, 4.69) is 5.32 Å². The van der Waals surface area contributed by atoms with Crippen LogP contribution in [0.3, 0.4) is 0 Å². The van der Waals surface area contributed by atoms with Gasteiger partial charge in [-0.15, -0.1) is 0 Å². The first kappa shape index (κ1) is 23.9. The lowest BCUT2D eigenvalue weighted by atomic mass is 10.0. The Hall–Kier alpha value is -2.41. The van der Waals surface area contributed by atoms with E-state index < -0.39 is 18.1 Å². The lowest BCUT2D eigenvalue weighted by molar-refractivity contribution is -0.149. The number of hydrogen-bond donors (Lipinski definition) is 2. The van der Waals surface area contributed by atoms with Gasteiger partial charge in [-0.2, -0.15) is 0 Å². The molecule has 30 heavy (non-hydrogen) atoms. The lowest BCUT2D eigenvalue weighted by Gasteiger charge is -2.31. The molecular formula is C23H34N2O5. The molecule has 1 fully saturated rings. The summed E-state index contributed by atoms with van der Waals surface area (Å²) in [6.07, 6.45) is 5.52. The monoisotopic (exact) mass is 418 g/mol. The third kappa shape index (κ3) is 7.44. The Balaban J connectivity index is 2.05. The molecule has 2 atom stereocenters. The van der Waals surface area contributed by atoms with Crippen molar-refractivity contribution < 1.29 is 24.2 Å². The molecule has 7 nitrogen and oxygen atoms in total. The molecule has 7 heteroatoms. The van der Waals surface area contributed by atoms with Gasteiger partial charge in [0.15, 0.2) is 0 Å². The van der Waals surface area contributed by atoms with Crippen molar-refractivity contribution in [3.8, 4) is 0 Å². The fourth-order valence-corrected chi connectivity index (χ4v) is 3.90. The van der Waals surface area contributed by atoms with Crippen LogP contribution in [0.5, 0.6) is 0 Å². The highest BCUT2D eigenvalue weighted by Crippen LogP contribution is 2.24. The number of nitrogens with zero attached hydrogens (tertiary/aromatic N) is 1. The average molecular weight is 419 g/mol. The molecule has 0 radical (unpaired) electrons. The number of hydrogen-bond acceptors (Lipinski definition) is 5. The molecule has 1 saturated carbocycles. The third-order valence-electron chi connectivity index (χ3n) is 5.47. The SMILES string of the molecule is CCCOC(=O)[C@H](CCc1ccccc1)N[C@@H](C)C(=O)N(CC(=O)O)C1CCCC1. The van der Waals surface area contributed by atoms with Crippen LogP contribution in [0.4, 0.5) is 0 Å². The summed E-state index contributed by atoms with van der Waals surface area (Å²) in [7, 11) is 0. The van der Waals surface area contributed by atoms with Crippen molar-refractivity contribution in [1.29, 1.82) is 0 Å². The van der Waals surface area contributed by atoms with Crippen LogP contribution in [-0.2, 0) is 25.5 Å². The predicted molar refractivity (Wildman–Crippen MR) is 114 cm³/mol. The summed E-state index contributed by atoms with van der Waals surface area (Å²) < 4.78 is 5.33. The first-order chi connectivity index (χ1) is 14.4. The van der Waals surface area contributed by atoms with E-state index >= 15 is 0 Å². The number of aliphatic carboxylic acids is 1. The molecular weight excluding hydrogens is 384 g/mol. The number of carboxylic acid groups (broad SMARTS) is 1. The van der Waals surface area contributed by atoms with Crippen LogP contribution in [0, 0.1) is 0 Å². The Morgan fingerprint density at radius 1 is 1.20 bits per heavy atom. The van der Waals surface area contributed by atoms with E-state index in [1.807, 2.05) is 37.3 Å². The maximum atomic E-state index is 13.1. The number of carboxylic acids is 1. The standard InChI is InChI=1S/C23H34N2O5/c1-3-15-30-23(29)20(14-13-18-9-5-4-6-10-18)24-17(2)22(28)25(16-21(26)27)19-11-7-8-12-19/h4-6,9-10,17,19-20,24H,3,7-8,11-16H2,1-2H3,(H,26,27)/t17-,20-/m0/s1. The molecule has 0 spiro atoms. The summed E-state index contributed by atoms with van der Waals surface area (Å²) in [6, 6.07) is 8.47. The second-order valence-electron chi connectivity index (χ2n) is 7.93. The van der Waals surface area contributed by atoms with Crippen molar-refractivity contribution in [2.45, 2.75) is 76.9 Å². The third-order valence-corrected chi connectivity index (χ3v) is 5.47. The zero-order chi connectivity index (χ0) is 21.9. The van der Waals surface area contributed by atoms with Gasteiger partial charge in [-0.05, 0) is 44.6 Å². The zero-order valence-electron chi connectivity index (χ0n) is 18.0. The van der Waals surface area contributed by atoms with Crippen molar-refractivity contribution >= 4 is 17.8 Å². The molecule has 1 amide bonds. The predicted octanol–water partition coefficient (Wildman–Crippen LogP) is 2.77. The van der Waals surface area contributed by atoms with E-state index in [0.717, 1.165) is 37.7 Å². The molecule has 2 N–H and O–H groups in total. The summed E-state index contributed by atoms with van der Waals surface area (Å²) in [5.41, 5.74) is 1.10. The Labute approximate surface area is 178 Å². The summed E-state index contributed by atoms with van der Waals surface area (Å²) >= 11 is 0. The molecule has 0 unspecified atom stereocenters. The topological polar surface area (TPSA) is 95.9 Å². The summed E-state index contributed by atoms with van der Waals surface area (Å²) in [5, 5.41) is 12.4. The van der Waals surface area contributed by atoms with Crippen molar-refractivity contribution in [3.63, 3.8) is 0 Å². The number of ether oxygens (including phenoxy) is 1. The van der Waals surface area contributed by atoms with Crippen LogP contribution in [0.1, 0.15) is 57.9 Å². The van der Waals surface area contributed by atoms with Crippen LogP contribution in [-0.4, -0.2) is 59.1 Å². The first-order valence-corrected chi connectivity index (χ1v) is 10.9. The van der Waals surface area contributed by atoms with Crippen molar-refractivity contribution in [2.24, 2.45) is 0 Å². The largest absolute Gasteiger partial charge is 0.480 e. The number of aryl methyl sites for hydroxylation is 1. The average Bonchev–Trinajstić information content (AvgIpc) is 3.27. The Morgan fingerprint density at radius 2 is 1.87 bits per heavy atom. The number of amides is 1. The quantitative estimate of drug-likeness (QED) is 0.507. The fraction of sp³-hybridized carbons (Fsp3) is 0.609.